The highest BCUT2D eigenvalue weighted by molar-refractivity contribution is 7.22. The lowest BCUT2D eigenvalue weighted by atomic mass is 10.1. The summed E-state index contributed by atoms with van der Waals surface area (Å²) >= 11 is 1.54. The van der Waals surface area contributed by atoms with Crippen LogP contribution in [0.5, 0.6) is 0 Å². The Kier molecular flexibility index (Phi) is 6.63. The van der Waals surface area contributed by atoms with Gasteiger partial charge in [0.05, 0.1) is 16.4 Å². The summed E-state index contributed by atoms with van der Waals surface area (Å²) in [5.74, 6) is -0.177. The van der Waals surface area contributed by atoms with Crippen LogP contribution in [0.4, 0.5) is 5.13 Å². The van der Waals surface area contributed by atoms with Crippen molar-refractivity contribution in [1.82, 2.24) is 19.9 Å². The first-order valence-corrected chi connectivity index (χ1v) is 8.88. The van der Waals surface area contributed by atoms with Gasteiger partial charge in [0.25, 0.3) is 5.91 Å². The Morgan fingerprint density at radius 1 is 1.15 bits per heavy atom. The van der Waals surface area contributed by atoms with Crippen molar-refractivity contribution in [3.63, 3.8) is 0 Å². The van der Waals surface area contributed by atoms with E-state index in [4.69, 9.17) is 4.98 Å². The molecule has 3 aromatic rings. The summed E-state index contributed by atoms with van der Waals surface area (Å²) in [4.78, 5) is 29.6. The van der Waals surface area contributed by atoms with Crippen molar-refractivity contribution in [2.75, 3.05) is 32.1 Å². The highest BCUT2D eigenvalue weighted by atomic mass is 35.5. The van der Waals surface area contributed by atoms with E-state index >= 15 is 0 Å². The molecule has 26 heavy (non-hydrogen) atoms. The molecule has 0 N–H and O–H groups in total. The Balaban J connectivity index is 0.00000243. The molecule has 3 rings (SSSR count). The second kappa shape index (κ2) is 8.53. The number of halogens is 1. The minimum atomic E-state index is -0.177. The molecule has 0 aliphatic rings. The number of anilines is 1. The number of hydrogen-bond donors (Lipinski definition) is 0. The van der Waals surface area contributed by atoms with Gasteiger partial charge in [-0.25, -0.2) is 9.97 Å². The van der Waals surface area contributed by atoms with Crippen LogP contribution in [0.2, 0.25) is 0 Å². The number of aryl methyl sites for hydroxylation is 2. The molecule has 1 amide bonds. The number of thiazole rings is 1. The van der Waals surface area contributed by atoms with E-state index in [9.17, 15) is 4.79 Å². The van der Waals surface area contributed by atoms with E-state index in [1.54, 1.807) is 11.1 Å². The Labute approximate surface area is 163 Å². The lowest BCUT2D eigenvalue weighted by Gasteiger charge is -2.21. The molecule has 2 aromatic heterocycles. The fourth-order valence-corrected chi connectivity index (χ4v) is 3.77. The molecule has 0 atom stereocenters. The van der Waals surface area contributed by atoms with Crippen LogP contribution in [0.25, 0.3) is 10.2 Å². The summed E-state index contributed by atoms with van der Waals surface area (Å²) in [7, 11) is 3.97. The van der Waals surface area contributed by atoms with Gasteiger partial charge < -0.3 is 4.90 Å². The van der Waals surface area contributed by atoms with Crippen molar-refractivity contribution in [3.8, 4) is 0 Å². The van der Waals surface area contributed by atoms with E-state index in [-0.39, 0.29) is 18.3 Å². The molecule has 6 nitrogen and oxygen atoms in total. The summed E-state index contributed by atoms with van der Waals surface area (Å²) < 4.78 is 1.09. The third kappa shape index (κ3) is 4.35. The first-order chi connectivity index (χ1) is 12.0. The lowest BCUT2D eigenvalue weighted by Crippen LogP contribution is -2.37. The molecule has 1 aromatic carbocycles. The Bertz CT molecular complexity index is 897. The molecule has 0 aliphatic carbocycles. The first-order valence-electron chi connectivity index (χ1n) is 8.06. The topological polar surface area (TPSA) is 62.2 Å². The van der Waals surface area contributed by atoms with E-state index in [2.05, 4.69) is 29.0 Å². The van der Waals surface area contributed by atoms with Gasteiger partial charge >= 0.3 is 0 Å². The van der Waals surface area contributed by atoms with Crippen LogP contribution in [-0.2, 0) is 0 Å². The minimum absolute atomic E-state index is 0. The molecule has 0 radical (unpaired) electrons. The smallest absolute Gasteiger partial charge is 0.280 e. The van der Waals surface area contributed by atoms with Gasteiger partial charge in [-0.1, -0.05) is 17.4 Å². The van der Waals surface area contributed by atoms with Crippen LogP contribution >= 0.6 is 23.7 Å². The molecule has 0 fully saturated rings. The molecular formula is C18H22ClN5OS. The lowest BCUT2D eigenvalue weighted by molar-refractivity contribution is 0.0980. The van der Waals surface area contributed by atoms with Gasteiger partial charge in [0, 0.05) is 25.5 Å². The van der Waals surface area contributed by atoms with Crippen molar-refractivity contribution in [3.05, 3.63) is 47.5 Å². The number of carbonyl (C=O) groups excluding carboxylic acids is 1. The highest BCUT2D eigenvalue weighted by Gasteiger charge is 2.23. The van der Waals surface area contributed by atoms with Crippen molar-refractivity contribution < 1.29 is 4.79 Å². The molecule has 8 heteroatoms. The molecule has 0 unspecified atom stereocenters. The molecule has 0 aliphatic heterocycles. The predicted octanol–water partition coefficient (Wildman–Crippen LogP) is 3.33. The maximum Gasteiger partial charge on any atom is 0.280 e. The van der Waals surface area contributed by atoms with E-state index in [1.807, 2.05) is 25.9 Å². The number of carbonyl (C=O) groups is 1. The van der Waals surface area contributed by atoms with Gasteiger partial charge in [-0.2, -0.15) is 0 Å². The maximum atomic E-state index is 13.0. The standard InChI is InChI=1S/C18H21N5OS.ClH/c1-12-9-13(2)16-15(10-12)25-18(21-16)23(8-7-22(3)4)17(24)14-11-19-5-6-20-14;/h5-6,9-11H,7-8H2,1-4H3;1H. The minimum Gasteiger partial charge on any atom is -0.308 e. The fourth-order valence-electron chi connectivity index (χ4n) is 2.61. The Hall–Kier alpha value is -2.09. The van der Waals surface area contributed by atoms with Gasteiger partial charge in [0.2, 0.25) is 0 Å². The number of rotatable bonds is 5. The van der Waals surface area contributed by atoms with Gasteiger partial charge in [0.15, 0.2) is 5.13 Å². The van der Waals surface area contributed by atoms with Crippen LogP contribution in [0.15, 0.2) is 30.7 Å². The number of fused-ring (bicyclic) bond motifs is 1. The van der Waals surface area contributed by atoms with E-state index in [1.165, 1.54) is 29.3 Å². The van der Waals surface area contributed by atoms with Crippen molar-refractivity contribution >= 4 is 45.0 Å². The number of nitrogens with zero attached hydrogens (tertiary/aromatic N) is 5. The summed E-state index contributed by atoms with van der Waals surface area (Å²) in [5.41, 5.74) is 3.60. The van der Waals surface area contributed by atoms with E-state index in [0.717, 1.165) is 22.3 Å². The number of hydrogen-bond acceptors (Lipinski definition) is 6. The largest absolute Gasteiger partial charge is 0.308 e. The van der Waals surface area contributed by atoms with Crippen molar-refractivity contribution in [2.45, 2.75) is 13.8 Å². The molecular weight excluding hydrogens is 370 g/mol. The Morgan fingerprint density at radius 3 is 2.58 bits per heavy atom. The zero-order chi connectivity index (χ0) is 18.0. The summed E-state index contributed by atoms with van der Waals surface area (Å²) in [5, 5.41) is 0.696. The number of amides is 1. The quantitative estimate of drug-likeness (QED) is 0.667. The Morgan fingerprint density at radius 2 is 1.92 bits per heavy atom. The molecule has 0 bridgehead atoms. The van der Waals surface area contributed by atoms with Gasteiger partial charge in [-0.05, 0) is 45.1 Å². The molecule has 0 saturated heterocycles. The summed E-state index contributed by atoms with van der Waals surface area (Å²) in [6.07, 6.45) is 4.59. The second-order valence-corrected chi connectivity index (χ2v) is 7.28. The number of benzene rings is 1. The normalized spacial score (nSPS) is 10.8. The molecule has 2 heterocycles. The molecule has 138 valence electrons. The number of aromatic nitrogens is 3. The predicted molar refractivity (Wildman–Crippen MR) is 109 cm³/mol. The van der Waals surface area contributed by atoms with E-state index in [0.29, 0.717) is 17.4 Å². The van der Waals surface area contributed by atoms with Crippen LogP contribution in [-0.4, -0.2) is 52.9 Å². The van der Waals surface area contributed by atoms with Gasteiger partial charge in [0.1, 0.15) is 5.69 Å². The average molecular weight is 392 g/mol. The zero-order valence-corrected chi connectivity index (χ0v) is 16.9. The maximum absolute atomic E-state index is 13.0. The fraction of sp³-hybridized carbons (Fsp3) is 0.333. The van der Waals surface area contributed by atoms with Gasteiger partial charge in [-0.3, -0.25) is 14.7 Å². The summed E-state index contributed by atoms with van der Waals surface area (Å²) in [6, 6.07) is 4.22. The third-order valence-corrected chi connectivity index (χ3v) is 4.87. The third-order valence-electron chi connectivity index (χ3n) is 3.85. The SMILES string of the molecule is Cc1cc(C)c2nc(N(CCN(C)C)C(=O)c3cnccn3)sc2c1.Cl. The molecule has 0 saturated carbocycles. The zero-order valence-electron chi connectivity index (χ0n) is 15.3. The van der Waals surface area contributed by atoms with Crippen molar-refractivity contribution in [2.24, 2.45) is 0 Å². The first kappa shape index (κ1) is 20.2. The number of likely N-dealkylation sites (N-methyl/N-ethyl adjacent to an activating group) is 1. The monoisotopic (exact) mass is 391 g/mol. The van der Waals surface area contributed by atoms with Crippen LogP contribution in [0.3, 0.4) is 0 Å². The second-order valence-electron chi connectivity index (χ2n) is 6.28. The summed E-state index contributed by atoms with van der Waals surface area (Å²) in [6.45, 7) is 5.40. The van der Waals surface area contributed by atoms with E-state index < -0.39 is 0 Å². The van der Waals surface area contributed by atoms with Crippen LogP contribution in [0, 0.1) is 13.8 Å². The van der Waals surface area contributed by atoms with Crippen LogP contribution in [0.1, 0.15) is 21.6 Å². The van der Waals surface area contributed by atoms with Crippen molar-refractivity contribution in [1.29, 1.82) is 0 Å². The molecule has 0 spiro atoms. The average Bonchev–Trinajstić information content (AvgIpc) is 2.99. The highest BCUT2D eigenvalue weighted by Crippen LogP contribution is 2.32. The van der Waals surface area contributed by atoms with Crippen LogP contribution < -0.4 is 4.90 Å². The van der Waals surface area contributed by atoms with Gasteiger partial charge in [-0.15, -0.1) is 12.4 Å².